The van der Waals surface area contributed by atoms with Crippen molar-refractivity contribution in [3.8, 4) is 5.75 Å². The van der Waals surface area contributed by atoms with Crippen LogP contribution in [0.2, 0.25) is 0 Å². The molecule has 7 nitrogen and oxygen atoms in total. The highest BCUT2D eigenvalue weighted by molar-refractivity contribution is 5.94. The molecule has 1 spiro atoms. The van der Waals surface area contributed by atoms with Crippen LogP contribution in [-0.4, -0.2) is 35.2 Å². The Morgan fingerprint density at radius 3 is 2.77 bits per heavy atom. The number of aromatic amines is 2. The van der Waals surface area contributed by atoms with Gasteiger partial charge in [0.1, 0.15) is 11.4 Å². The normalized spacial score (nSPS) is 18.7. The molecule has 4 N–H and O–H groups in total. The molecular formula is C28H29N5O2. The summed E-state index contributed by atoms with van der Waals surface area (Å²) in [6.45, 7) is 5.84. The zero-order valence-electron chi connectivity index (χ0n) is 19.8. The van der Waals surface area contributed by atoms with Crippen LogP contribution in [0.1, 0.15) is 41.1 Å². The third-order valence-electron chi connectivity index (χ3n) is 7.92. The molecule has 35 heavy (non-hydrogen) atoms. The minimum Gasteiger partial charge on any atom is -0.497 e. The summed E-state index contributed by atoms with van der Waals surface area (Å²) in [6.07, 6.45) is 4.76. The Bertz CT molecular complexity index is 1490. The second-order valence-corrected chi connectivity index (χ2v) is 9.73. The standard InChI is InChI=1S/C28H29N5O2/c1-17(18-7-5-8-20(14-18)35-2)22-16-30-25-23(22)26(34)32-27(31-25)33-12-10-28(11-13-33)15-19-6-3-4-9-21(19)24(28)29/h3-9,14,16,24H,1,10-13,15,29H2,2H3,(H2,30,31,32,34)/t24-/m1/s1. The van der Waals surface area contributed by atoms with E-state index >= 15 is 0 Å². The molecule has 178 valence electrons. The highest BCUT2D eigenvalue weighted by Gasteiger charge is 2.46. The van der Waals surface area contributed by atoms with Crippen LogP contribution < -0.4 is 20.9 Å². The lowest BCUT2D eigenvalue weighted by molar-refractivity contribution is 0.187. The summed E-state index contributed by atoms with van der Waals surface area (Å²) in [5.41, 5.74) is 12.2. The number of hydrogen-bond acceptors (Lipinski definition) is 5. The number of nitrogens with zero attached hydrogens (tertiary/aromatic N) is 2. The molecule has 0 unspecified atom stereocenters. The lowest BCUT2D eigenvalue weighted by Gasteiger charge is -2.42. The quantitative estimate of drug-likeness (QED) is 0.418. The van der Waals surface area contributed by atoms with E-state index in [2.05, 4.69) is 45.7 Å². The number of benzene rings is 2. The van der Waals surface area contributed by atoms with Crippen LogP contribution in [-0.2, 0) is 6.42 Å². The number of piperidine rings is 1. The predicted octanol–water partition coefficient (Wildman–Crippen LogP) is 4.16. The van der Waals surface area contributed by atoms with Crippen molar-refractivity contribution in [2.75, 3.05) is 25.1 Å². The number of methoxy groups -OCH3 is 1. The number of hydrogen-bond donors (Lipinski definition) is 3. The highest BCUT2D eigenvalue weighted by atomic mass is 16.5. The van der Waals surface area contributed by atoms with E-state index < -0.39 is 0 Å². The van der Waals surface area contributed by atoms with Gasteiger partial charge in [0.25, 0.3) is 5.56 Å². The zero-order chi connectivity index (χ0) is 24.2. The van der Waals surface area contributed by atoms with Gasteiger partial charge in [0, 0.05) is 30.9 Å². The Labute approximate surface area is 203 Å². The van der Waals surface area contributed by atoms with E-state index in [0.717, 1.165) is 54.8 Å². The maximum atomic E-state index is 13.2. The van der Waals surface area contributed by atoms with Crippen LogP contribution in [0.15, 0.2) is 66.1 Å². The molecule has 4 aromatic rings. The molecule has 0 amide bonds. The molecule has 3 heterocycles. The maximum absolute atomic E-state index is 13.2. The van der Waals surface area contributed by atoms with E-state index in [1.807, 2.05) is 24.3 Å². The van der Waals surface area contributed by atoms with Gasteiger partial charge < -0.3 is 20.4 Å². The largest absolute Gasteiger partial charge is 0.497 e. The number of nitrogens with two attached hydrogens (primary N) is 1. The van der Waals surface area contributed by atoms with Crippen molar-refractivity contribution >= 4 is 22.6 Å². The van der Waals surface area contributed by atoms with Crippen LogP contribution in [0.25, 0.3) is 16.6 Å². The molecule has 7 heteroatoms. The second kappa shape index (κ2) is 8.13. The third kappa shape index (κ3) is 3.46. The SMILES string of the molecule is C=C(c1cccc(OC)c1)c1c[nH]c2nc(N3CCC4(CC3)Cc3ccccc3[C@H]4N)[nH]c(=O)c12. The van der Waals surface area contributed by atoms with Crippen molar-refractivity contribution < 1.29 is 4.74 Å². The fraction of sp³-hybridized carbons (Fsp3) is 0.286. The number of fused-ring (bicyclic) bond motifs is 2. The number of ether oxygens (including phenoxy) is 1. The topological polar surface area (TPSA) is 100 Å². The van der Waals surface area contributed by atoms with E-state index in [0.29, 0.717) is 17.0 Å². The van der Waals surface area contributed by atoms with Crippen LogP contribution in [0.4, 0.5) is 5.95 Å². The summed E-state index contributed by atoms with van der Waals surface area (Å²) in [4.78, 5) is 26.4. The maximum Gasteiger partial charge on any atom is 0.262 e. The van der Waals surface area contributed by atoms with E-state index in [4.69, 9.17) is 15.5 Å². The first-order valence-corrected chi connectivity index (χ1v) is 12.0. The molecule has 0 saturated carbocycles. The van der Waals surface area contributed by atoms with Gasteiger partial charge in [-0.15, -0.1) is 0 Å². The van der Waals surface area contributed by atoms with Crippen molar-refractivity contribution in [2.45, 2.75) is 25.3 Å². The zero-order valence-corrected chi connectivity index (χ0v) is 19.8. The molecule has 2 aliphatic rings. The van der Waals surface area contributed by atoms with E-state index in [-0.39, 0.29) is 17.0 Å². The fourth-order valence-corrected chi connectivity index (χ4v) is 5.85. The Morgan fingerprint density at radius 2 is 2.00 bits per heavy atom. The average Bonchev–Trinajstić information content (AvgIpc) is 3.44. The van der Waals surface area contributed by atoms with Crippen LogP contribution in [0.5, 0.6) is 5.75 Å². The van der Waals surface area contributed by atoms with Gasteiger partial charge in [-0.25, -0.2) is 0 Å². The number of nitrogens with one attached hydrogen (secondary N) is 2. The predicted molar refractivity (Wildman–Crippen MR) is 139 cm³/mol. The monoisotopic (exact) mass is 467 g/mol. The first-order chi connectivity index (χ1) is 17.0. The summed E-state index contributed by atoms with van der Waals surface area (Å²) in [7, 11) is 1.63. The van der Waals surface area contributed by atoms with Crippen molar-refractivity contribution in [3.05, 3.63) is 93.9 Å². The number of anilines is 1. The second-order valence-electron chi connectivity index (χ2n) is 9.73. The van der Waals surface area contributed by atoms with Crippen molar-refractivity contribution in [2.24, 2.45) is 11.1 Å². The number of aromatic nitrogens is 3. The summed E-state index contributed by atoms with van der Waals surface area (Å²) in [5.74, 6) is 1.34. The minimum atomic E-state index is -0.171. The first-order valence-electron chi connectivity index (χ1n) is 12.0. The number of rotatable bonds is 4. The lowest BCUT2D eigenvalue weighted by Crippen LogP contribution is -2.45. The summed E-state index contributed by atoms with van der Waals surface area (Å²) >= 11 is 0. The van der Waals surface area contributed by atoms with Gasteiger partial charge in [-0.2, -0.15) is 4.98 Å². The van der Waals surface area contributed by atoms with Gasteiger partial charge in [0.2, 0.25) is 5.95 Å². The average molecular weight is 468 g/mol. The molecule has 2 aromatic heterocycles. The minimum absolute atomic E-state index is 0.0592. The van der Waals surface area contributed by atoms with Gasteiger partial charge in [-0.05, 0) is 59.1 Å². The van der Waals surface area contributed by atoms with Crippen LogP contribution >= 0.6 is 0 Å². The Morgan fingerprint density at radius 1 is 1.20 bits per heavy atom. The molecule has 1 saturated heterocycles. The summed E-state index contributed by atoms with van der Waals surface area (Å²) in [6, 6.07) is 16.2. The third-order valence-corrected chi connectivity index (χ3v) is 7.92. The van der Waals surface area contributed by atoms with Crippen LogP contribution in [0.3, 0.4) is 0 Å². The molecule has 0 bridgehead atoms. The Hall–Kier alpha value is -3.84. The Balaban J connectivity index is 1.25. The highest BCUT2D eigenvalue weighted by Crippen LogP contribution is 2.50. The van der Waals surface area contributed by atoms with Gasteiger partial charge in [-0.1, -0.05) is 43.0 Å². The molecule has 0 radical (unpaired) electrons. The van der Waals surface area contributed by atoms with Crippen molar-refractivity contribution in [1.82, 2.24) is 15.0 Å². The van der Waals surface area contributed by atoms with Crippen molar-refractivity contribution in [3.63, 3.8) is 0 Å². The fourth-order valence-electron chi connectivity index (χ4n) is 5.85. The molecule has 1 fully saturated rings. The summed E-state index contributed by atoms with van der Waals surface area (Å²) < 4.78 is 5.33. The van der Waals surface area contributed by atoms with Gasteiger partial charge in [-0.3, -0.25) is 9.78 Å². The molecule has 2 aromatic carbocycles. The number of H-pyrrole nitrogens is 2. The molecule has 6 rings (SSSR count). The van der Waals surface area contributed by atoms with Crippen LogP contribution in [0, 0.1) is 5.41 Å². The molecule has 1 aliphatic heterocycles. The summed E-state index contributed by atoms with van der Waals surface area (Å²) in [5, 5.41) is 0.517. The lowest BCUT2D eigenvalue weighted by atomic mass is 9.73. The molecule has 1 atom stereocenters. The van der Waals surface area contributed by atoms with E-state index in [9.17, 15) is 4.79 Å². The first kappa shape index (κ1) is 21.7. The Kier molecular flexibility index (Phi) is 5.04. The van der Waals surface area contributed by atoms with Gasteiger partial charge >= 0.3 is 0 Å². The van der Waals surface area contributed by atoms with E-state index in [1.165, 1.54) is 11.1 Å². The molecular weight excluding hydrogens is 438 g/mol. The van der Waals surface area contributed by atoms with Gasteiger partial charge in [0.15, 0.2) is 0 Å². The van der Waals surface area contributed by atoms with Gasteiger partial charge in [0.05, 0.1) is 12.5 Å². The van der Waals surface area contributed by atoms with Crippen molar-refractivity contribution in [1.29, 1.82) is 0 Å². The molecule has 1 aliphatic carbocycles. The smallest absolute Gasteiger partial charge is 0.262 e. The van der Waals surface area contributed by atoms with E-state index in [1.54, 1.807) is 13.3 Å².